The summed E-state index contributed by atoms with van der Waals surface area (Å²) in [6.45, 7) is 0. The predicted octanol–water partition coefficient (Wildman–Crippen LogP) is 11.1. The summed E-state index contributed by atoms with van der Waals surface area (Å²) in [5.41, 5.74) is 9.36. The largest absolute Gasteiger partial charge is 0.436 e. The molecule has 7 heteroatoms. The second-order valence-corrected chi connectivity index (χ2v) is 12.8. The molecule has 6 aromatic carbocycles. The first-order valence-corrected chi connectivity index (χ1v) is 17.3. The van der Waals surface area contributed by atoms with Crippen LogP contribution in [0.25, 0.3) is 101 Å². The third-order valence-electron chi connectivity index (χ3n) is 9.55. The van der Waals surface area contributed by atoms with Crippen LogP contribution in [0.3, 0.4) is 0 Å². The zero-order chi connectivity index (χ0) is 35.1. The molecule has 0 N–H and O–H groups in total. The zero-order valence-corrected chi connectivity index (χ0v) is 28.3. The first-order valence-electron chi connectivity index (χ1n) is 17.3. The molecule has 0 atom stereocenters. The number of pyridine rings is 2. The van der Waals surface area contributed by atoms with E-state index in [1.54, 1.807) is 0 Å². The van der Waals surface area contributed by atoms with E-state index in [1.807, 2.05) is 110 Å². The highest BCUT2D eigenvalue weighted by Gasteiger charge is 2.16. The molecule has 10 rings (SSSR count). The van der Waals surface area contributed by atoms with Crippen molar-refractivity contribution in [1.29, 1.82) is 0 Å². The van der Waals surface area contributed by atoms with Gasteiger partial charge in [-0.1, -0.05) is 97.1 Å². The number of rotatable bonds is 6. The van der Waals surface area contributed by atoms with Crippen LogP contribution in [0.5, 0.6) is 0 Å². The Morgan fingerprint density at radius 2 is 0.887 bits per heavy atom. The predicted molar refractivity (Wildman–Crippen MR) is 211 cm³/mol. The number of fused-ring (bicyclic) bond motifs is 3. The Balaban J connectivity index is 1.10. The Kier molecular flexibility index (Phi) is 7.32. The number of oxazole rings is 1. The fraction of sp³-hybridized carbons (Fsp3) is 0. The van der Waals surface area contributed by atoms with Crippen LogP contribution < -0.4 is 0 Å². The molecular weight excluding hydrogens is 653 g/mol. The maximum Gasteiger partial charge on any atom is 0.227 e. The molecule has 248 valence electrons. The minimum Gasteiger partial charge on any atom is -0.436 e. The van der Waals surface area contributed by atoms with Crippen molar-refractivity contribution in [3.8, 4) is 67.9 Å². The SMILES string of the molecule is c1cc(-c2nc(-c3ccc(-c4nc5ccccc5o4)cc3)nc(-c3cccc(-c4cccc5ccncc45)c3)n2)cc(-c2cccc3ccncc23)c1. The van der Waals surface area contributed by atoms with Crippen molar-refractivity contribution in [3.63, 3.8) is 0 Å². The lowest BCUT2D eigenvalue weighted by Crippen LogP contribution is -2.00. The van der Waals surface area contributed by atoms with Crippen LogP contribution in [0.2, 0.25) is 0 Å². The lowest BCUT2D eigenvalue weighted by atomic mass is 9.97. The smallest absolute Gasteiger partial charge is 0.227 e. The van der Waals surface area contributed by atoms with Gasteiger partial charge in [-0.2, -0.15) is 0 Å². The van der Waals surface area contributed by atoms with Crippen molar-refractivity contribution in [2.45, 2.75) is 0 Å². The van der Waals surface area contributed by atoms with Crippen LogP contribution in [0.1, 0.15) is 0 Å². The maximum absolute atomic E-state index is 6.04. The van der Waals surface area contributed by atoms with Crippen LogP contribution in [0.15, 0.2) is 175 Å². The third-order valence-corrected chi connectivity index (χ3v) is 9.55. The van der Waals surface area contributed by atoms with Gasteiger partial charge in [0.25, 0.3) is 0 Å². The van der Waals surface area contributed by atoms with E-state index in [1.165, 1.54) is 0 Å². The summed E-state index contributed by atoms with van der Waals surface area (Å²) in [5, 5.41) is 4.44. The fourth-order valence-corrected chi connectivity index (χ4v) is 6.90. The molecule has 4 aromatic heterocycles. The molecule has 0 unspecified atom stereocenters. The van der Waals surface area contributed by atoms with Gasteiger partial charge in [0.2, 0.25) is 5.89 Å². The van der Waals surface area contributed by atoms with Gasteiger partial charge < -0.3 is 4.42 Å². The van der Waals surface area contributed by atoms with Crippen molar-refractivity contribution >= 4 is 32.6 Å². The van der Waals surface area contributed by atoms with Gasteiger partial charge in [0.1, 0.15) is 5.52 Å². The van der Waals surface area contributed by atoms with Gasteiger partial charge in [-0.25, -0.2) is 19.9 Å². The topological polar surface area (TPSA) is 90.5 Å². The highest BCUT2D eigenvalue weighted by Crippen LogP contribution is 2.34. The molecule has 53 heavy (non-hydrogen) atoms. The molecule has 0 aliphatic carbocycles. The Morgan fingerprint density at radius 3 is 1.47 bits per heavy atom. The fourth-order valence-electron chi connectivity index (χ4n) is 6.90. The summed E-state index contributed by atoms with van der Waals surface area (Å²) in [5.74, 6) is 2.28. The number of hydrogen-bond donors (Lipinski definition) is 0. The second-order valence-electron chi connectivity index (χ2n) is 12.8. The molecule has 0 radical (unpaired) electrons. The number of benzene rings is 6. The van der Waals surface area contributed by atoms with Gasteiger partial charge >= 0.3 is 0 Å². The Labute approximate surface area is 304 Å². The lowest BCUT2D eigenvalue weighted by molar-refractivity contribution is 0.620. The minimum atomic E-state index is 0.564. The molecular formula is C46H28N6O. The highest BCUT2D eigenvalue weighted by atomic mass is 16.3. The van der Waals surface area contributed by atoms with Crippen molar-refractivity contribution in [1.82, 2.24) is 29.9 Å². The van der Waals surface area contributed by atoms with Gasteiger partial charge in [0.15, 0.2) is 23.1 Å². The molecule has 0 saturated heterocycles. The van der Waals surface area contributed by atoms with Crippen LogP contribution >= 0.6 is 0 Å². The van der Waals surface area contributed by atoms with E-state index in [-0.39, 0.29) is 0 Å². The van der Waals surface area contributed by atoms with Crippen molar-refractivity contribution in [2.24, 2.45) is 0 Å². The number of hydrogen-bond acceptors (Lipinski definition) is 7. The minimum absolute atomic E-state index is 0.564. The summed E-state index contributed by atoms with van der Waals surface area (Å²) in [4.78, 5) is 28.8. The average molecular weight is 681 g/mol. The summed E-state index contributed by atoms with van der Waals surface area (Å²) in [7, 11) is 0. The number of para-hydroxylation sites is 2. The van der Waals surface area contributed by atoms with Crippen LogP contribution in [-0.4, -0.2) is 29.9 Å². The van der Waals surface area contributed by atoms with E-state index in [4.69, 9.17) is 19.4 Å². The van der Waals surface area contributed by atoms with E-state index in [0.29, 0.717) is 23.4 Å². The molecule has 0 bridgehead atoms. The average Bonchev–Trinajstić information content (AvgIpc) is 3.68. The highest BCUT2D eigenvalue weighted by molar-refractivity contribution is 5.97. The zero-order valence-electron chi connectivity index (χ0n) is 28.3. The standard InChI is InChI=1S/C46H28N6O/c1-2-16-42-41(15-1)49-46(53-42)32-19-17-31(18-20-32)43-50-44(35-11-3-9-33(25-35)37-13-5-7-29-21-23-47-27-39(29)37)52-45(51-43)36-12-4-10-34(26-36)38-14-6-8-30-22-24-48-28-40(30)38/h1-28H. The van der Waals surface area contributed by atoms with Crippen LogP contribution in [0, 0.1) is 0 Å². The van der Waals surface area contributed by atoms with E-state index in [9.17, 15) is 0 Å². The van der Waals surface area contributed by atoms with E-state index in [0.717, 1.165) is 77.2 Å². The summed E-state index contributed by atoms with van der Waals surface area (Å²) < 4.78 is 6.04. The molecule has 10 aromatic rings. The van der Waals surface area contributed by atoms with E-state index < -0.39 is 0 Å². The maximum atomic E-state index is 6.04. The van der Waals surface area contributed by atoms with Crippen molar-refractivity contribution in [3.05, 3.63) is 170 Å². The summed E-state index contributed by atoms with van der Waals surface area (Å²) >= 11 is 0. The molecule has 0 aliphatic rings. The Hall–Kier alpha value is -7.38. The summed E-state index contributed by atoms with van der Waals surface area (Å²) in [6, 6.07) is 49.1. The molecule has 4 heterocycles. The molecule has 0 fully saturated rings. The Bertz CT molecular complexity index is 2790. The van der Waals surface area contributed by atoms with Crippen LogP contribution in [0.4, 0.5) is 0 Å². The first-order chi connectivity index (χ1) is 26.2. The van der Waals surface area contributed by atoms with Gasteiger partial charge in [0.05, 0.1) is 0 Å². The quantitative estimate of drug-likeness (QED) is 0.173. The molecule has 0 spiro atoms. The lowest BCUT2D eigenvalue weighted by Gasteiger charge is -2.12. The van der Waals surface area contributed by atoms with Gasteiger partial charge in [0, 0.05) is 57.8 Å². The van der Waals surface area contributed by atoms with Gasteiger partial charge in [-0.15, -0.1) is 0 Å². The van der Waals surface area contributed by atoms with Crippen LogP contribution in [-0.2, 0) is 0 Å². The van der Waals surface area contributed by atoms with Crippen molar-refractivity contribution < 1.29 is 4.42 Å². The number of aromatic nitrogens is 6. The second kappa shape index (κ2) is 12.7. The molecule has 0 saturated carbocycles. The molecule has 0 amide bonds. The van der Waals surface area contributed by atoms with Crippen molar-refractivity contribution in [2.75, 3.05) is 0 Å². The van der Waals surface area contributed by atoms with Gasteiger partial charge in [-0.05, 0) is 81.6 Å². The van der Waals surface area contributed by atoms with E-state index >= 15 is 0 Å². The Morgan fingerprint density at radius 1 is 0.377 bits per heavy atom. The monoisotopic (exact) mass is 680 g/mol. The van der Waals surface area contributed by atoms with E-state index in [2.05, 4.69) is 75.6 Å². The molecule has 7 nitrogen and oxygen atoms in total. The number of nitrogens with zero attached hydrogens (tertiary/aromatic N) is 6. The first kappa shape index (κ1) is 30.4. The third kappa shape index (κ3) is 5.66. The summed E-state index contributed by atoms with van der Waals surface area (Å²) in [6.07, 6.45) is 7.48. The normalized spacial score (nSPS) is 11.4. The molecule has 0 aliphatic heterocycles. The van der Waals surface area contributed by atoms with Gasteiger partial charge in [-0.3, -0.25) is 9.97 Å².